The molecule has 0 saturated carbocycles. The lowest BCUT2D eigenvalue weighted by Gasteiger charge is -2.34. The summed E-state index contributed by atoms with van der Waals surface area (Å²) in [6.45, 7) is 7.84. The van der Waals surface area contributed by atoms with Crippen LogP contribution in [0.1, 0.15) is 13.8 Å². The monoisotopic (exact) mass is 356 g/mol. The molecule has 0 spiro atoms. The van der Waals surface area contributed by atoms with Crippen molar-refractivity contribution in [3.05, 3.63) is 14.7 Å². The van der Waals surface area contributed by atoms with E-state index < -0.39 is 10.0 Å². The molecule has 8 heteroatoms. The highest BCUT2D eigenvalue weighted by atomic mass is 35.5. The molecule has 0 N–H and O–H groups in total. The van der Waals surface area contributed by atoms with Crippen LogP contribution in [-0.4, -0.2) is 50.3 Å². The summed E-state index contributed by atoms with van der Waals surface area (Å²) in [5.41, 5.74) is 0. The number of sulfonamides is 1. The topological polar surface area (TPSA) is 40.6 Å². The lowest BCUT2D eigenvalue weighted by molar-refractivity contribution is 0.172. The molecule has 2 rings (SSSR count). The van der Waals surface area contributed by atoms with Gasteiger partial charge in [-0.3, -0.25) is 0 Å². The van der Waals surface area contributed by atoms with Gasteiger partial charge in [-0.25, -0.2) is 8.42 Å². The van der Waals surface area contributed by atoms with E-state index in [2.05, 4.69) is 18.7 Å². The van der Waals surface area contributed by atoms with Crippen LogP contribution in [0.15, 0.2) is 11.0 Å². The van der Waals surface area contributed by atoms with Crippen LogP contribution in [0.4, 0.5) is 0 Å². The summed E-state index contributed by atoms with van der Waals surface area (Å²) in [5.74, 6) is 0.586. The summed E-state index contributed by atoms with van der Waals surface area (Å²) in [6, 6.07) is 1.43. The zero-order chi connectivity index (χ0) is 14.9. The van der Waals surface area contributed by atoms with E-state index in [1.54, 1.807) is 0 Å². The summed E-state index contributed by atoms with van der Waals surface area (Å²) < 4.78 is 27.2. The standard InChI is InChI=1S/C12H18Cl2N2O2S2/c1-9(2)8-15-3-5-16(6-4-15)20(17,18)10-7-11(13)19-12(10)14/h7,9H,3-6,8H2,1-2H3. The van der Waals surface area contributed by atoms with E-state index in [1.807, 2.05) is 0 Å². The number of rotatable bonds is 4. The molecule has 1 aliphatic rings. The average Bonchev–Trinajstić information content (AvgIpc) is 2.69. The fraction of sp³-hybridized carbons (Fsp3) is 0.667. The van der Waals surface area contributed by atoms with Crippen molar-refractivity contribution >= 4 is 44.6 Å². The van der Waals surface area contributed by atoms with Crippen LogP contribution < -0.4 is 0 Å². The van der Waals surface area contributed by atoms with E-state index >= 15 is 0 Å². The molecule has 0 bridgehead atoms. The number of hydrogen-bond donors (Lipinski definition) is 0. The average molecular weight is 357 g/mol. The molecule has 0 atom stereocenters. The van der Waals surface area contributed by atoms with Gasteiger partial charge in [0.15, 0.2) is 0 Å². The van der Waals surface area contributed by atoms with E-state index in [-0.39, 0.29) is 9.23 Å². The highest BCUT2D eigenvalue weighted by Crippen LogP contribution is 2.35. The van der Waals surface area contributed by atoms with Gasteiger partial charge < -0.3 is 4.90 Å². The number of hydrogen-bond acceptors (Lipinski definition) is 4. The molecule has 1 aromatic rings. The first-order valence-electron chi connectivity index (χ1n) is 6.48. The number of piperazine rings is 1. The van der Waals surface area contributed by atoms with Crippen LogP contribution >= 0.6 is 34.5 Å². The van der Waals surface area contributed by atoms with Gasteiger partial charge >= 0.3 is 0 Å². The van der Waals surface area contributed by atoms with Gasteiger partial charge in [0.1, 0.15) is 9.23 Å². The Hall–Kier alpha value is 0.150. The van der Waals surface area contributed by atoms with Crippen molar-refractivity contribution in [3.63, 3.8) is 0 Å². The highest BCUT2D eigenvalue weighted by Gasteiger charge is 2.31. The van der Waals surface area contributed by atoms with Crippen LogP contribution in [0, 0.1) is 5.92 Å². The van der Waals surface area contributed by atoms with Crippen LogP contribution in [0.25, 0.3) is 0 Å². The lowest BCUT2D eigenvalue weighted by Crippen LogP contribution is -2.49. The maximum Gasteiger partial charge on any atom is 0.245 e. The van der Waals surface area contributed by atoms with Gasteiger partial charge in [0, 0.05) is 32.7 Å². The van der Waals surface area contributed by atoms with Gasteiger partial charge in [-0.2, -0.15) is 4.31 Å². The molecular weight excluding hydrogens is 339 g/mol. The second-order valence-electron chi connectivity index (χ2n) is 5.29. The first-order valence-corrected chi connectivity index (χ1v) is 9.49. The fourth-order valence-corrected chi connectivity index (χ4v) is 5.84. The maximum atomic E-state index is 12.5. The first kappa shape index (κ1) is 16.5. The van der Waals surface area contributed by atoms with Gasteiger partial charge in [-0.1, -0.05) is 37.0 Å². The summed E-state index contributed by atoms with van der Waals surface area (Å²) >= 11 is 12.9. The zero-order valence-electron chi connectivity index (χ0n) is 11.5. The number of halogens is 2. The molecule has 0 aromatic carbocycles. The smallest absolute Gasteiger partial charge is 0.245 e. The fourth-order valence-electron chi connectivity index (χ4n) is 2.31. The van der Waals surface area contributed by atoms with Gasteiger partial charge in [0.25, 0.3) is 0 Å². The molecule has 0 aliphatic carbocycles. The molecule has 0 unspecified atom stereocenters. The maximum absolute atomic E-state index is 12.5. The number of thiophene rings is 1. The number of nitrogens with zero attached hydrogens (tertiary/aromatic N) is 2. The predicted octanol–water partition coefficient (Wildman–Crippen LogP) is 3.02. The van der Waals surface area contributed by atoms with Crippen LogP contribution in [-0.2, 0) is 10.0 Å². The van der Waals surface area contributed by atoms with E-state index in [4.69, 9.17) is 23.2 Å². The SMILES string of the molecule is CC(C)CN1CCN(S(=O)(=O)c2cc(Cl)sc2Cl)CC1. The van der Waals surface area contributed by atoms with Crippen molar-refractivity contribution in [2.75, 3.05) is 32.7 Å². The van der Waals surface area contributed by atoms with Crippen molar-refractivity contribution in [1.82, 2.24) is 9.21 Å². The van der Waals surface area contributed by atoms with Crippen molar-refractivity contribution in [2.45, 2.75) is 18.7 Å². The van der Waals surface area contributed by atoms with Crippen molar-refractivity contribution in [2.24, 2.45) is 5.92 Å². The summed E-state index contributed by atoms with van der Waals surface area (Å²) in [4.78, 5) is 2.42. The molecule has 20 heavy (non-hydrogen) atoms. The largest absolute Gasteiger partial charge is 0.300 e. The van der Waals surface area contributed by atoms with Gasteiger partial charge in [-0.15, -0.1) is 11.3 Å². The lowest BCUT2D eigenvalue weighted by atomic mass is 10.2. The normalized spacial score (nSPS) is 18.9. The van der Waals surface area contributed by atoms with Crippen molar-refractivity contribution in [1.29, 1.82) is 0 Å². The van der Waals surface area contributed by atoms with E-state index in [1.165, 1.54) is 10.4 Å². The van der Waals surface area contributed by atoms with Gasteiger partial charge in [0.05, 0.1) is 4.34 Å². The van der Waals surface area contributed by atoms with E-state index in [9.17, 15) is 8.42 Å². The summed E-state index contributed by atoms with van der Waals surface area (Å²) in [7, 11) is -3.52. The molecule has 1 aliphatic heterocycles. The van der Waals surface area contributed by atoms with Crippen molar-refractivity contribution in [3.8, 4) is 0 Å². The first-order chi connectivity index (χ1) is 9.30. The minimum Gasteiger partial charge on any atom is -0.300 e. The van der Waals surface area contributed by atoms with Crippen LogP contribution in [0.3, 0.4) is 0 Å². The Bertz CT molecular complexity index is 564. The predicted molar refractivity (Wildman–Crippen MR) is 84.4 cm³/mol. The molecule has 0 amide bonds. The van der Waals surface area contributed by atoms with Gasteiger partial charge in [0.2, 0.25) is 10.0 Å². The van der Waals surface area contributed by atoms with Crippen molar-refractivity contribution < 1.29 is 8.42 Å². The Labute approximate surface area is 134 Å². The molecular formula is C12H18Cl2N2O2S2. The van der Waals surface area contributed by atoms with Crippen LogP contribution in [0.5, 0.6) is 0 Å². The molecule has 0 radical (unpaired) electrons. The zero-order valence-corrected chi connectivity index (χ0v) is 14.6. The summed E-state index contributed by atoms with van der Waals surface area (Å²) in [6.07, 6.45) is 0. The minimum atomic E-state index is -3.52. The third-order valence-corrected chi connectivity index (χ3v) is 6.85. The van der Waals surface area contributed by atoms with Crippen LogP contribution in [0.2, 0.25) is 8.67 Å². The molecule has 1 aromatic heterocycles. The third kappa shape index (κ3) is 3.67. The molecule has 4 nitrogen and oxygen atoms in total. The minimum absolute atomic E-state index is 0.131. The summed E-state index contributed by atoms with van der Waals surface area (Å²) in [5, 5.41) is 0. The molecule has 114 valence electrons. The second kappa shape index (κ2) is 6.50. The van der Waals surface area contributed by atoms with E-state index in [0.717, 1.165) is 31.0 Å². The molecule has 1 fully saturated rings. The quantitative estimate of drug-likeness (QED) is 0.832. The van der Waals surface area contributed by atoms with Gasteiger partial charge in [-0.05, 0) is 12.0 Å². The molecule has 2 heterocycles. The van der Waals surface area contributed by atoms with E-state index in [0.29, 0.717) is 23.3 Å². The Morgan fingerprint density at radius 1 is 1.25 bits per heavy atom. The highest BCUT2D eigenvalue weighted by molar-refractivity contribution is 7.89. The Kier molecular flexibility index (Phi) is 5.37. The Morgan fingerprint density at radius 2 is 1.85 bits per heavy atom. The second-order valence-corrected chi connectivity index (χ2v) is 9.48. The third-order valence-electron chi connectivity index (χ3n) is 3.20. The molecule has 1 saturated heterocycles. The Balaban J connectivity index is 2.08. The Morgan fingerprint density at radius 3 is 2.30 bits per heavy atom.